The summed E-state index contributed by atoms with van der Waals surface area (Å²) >= 11 is 6.14. The van der Waals surface area contributed by atoms with Crippen molar-refractivity contribution in [1.29, 1.82) is 0 Å². The topological polar surface area (TPSA) is 132 Å². The molecule has 2 saturated heterocycles. The zero-order valence-corrected chi connectivity index (χ0v) is 34.2. The van der Waals surface area contributed by atoms with Gasteiger partial charge in [0.2, 0.25) is 29.4 Å². The SMILES string of the molecule is COc1ccc(OC)c(C=Cc2ccc(N3C(=O)C4CC=C5C(CC6C(=O)N(c7ccc(F)c(Cl)c7)C(=O)C6(C)C5C=Cc5cc(OC)c(O)c(OC)c5)C4C3=O)cc2)c1. The van der Waals surface area contributed by atoms with Gasteiger partial charge in [-0.05, 0) is 97.5 Å². The molecule has 2 aliphatic carbocycles. The molecule has 60 heavy (non-hydrogen) atoms. The normalized spacial score (nSPS) is 24.8. The number of carbonyl (C=O) groups is 4. The fraction of sp³-hybridized carbons (Fsp3) is 0.277. The standard InChI is InChI=1S/C47H42ClFN2O9/c1-47-34(17-9-26-20-39(59-4)42(52)40(21-26)60-5)31-15-16-32-41(33(31)24-35(47)44(54)51(46(47)56)29-13-18-37(49)36(48)23-29)45(55)50(43(32)53)28-11-7-25(8-12-28)6-10-27-22-30(57-2)14-19-38(27)58-3/h6-15,17-23,32-35,41,52H,16,24H2,1-5H3. The molecule has 3 fully saturated rings. The smallest absolute Gasteiger partial charge is 0.241 e. The first kappa shape index (κ1) is 40.4. The summed E-state index contributed by atoms with van der Waals surface area (Å²) in [4.78, 5) is 60.3. The first-order valence-corrected chi connectivity index (χ1v) is 19.8. The lowest BCUT2D eigenvalue weighted by Gasteiger charge is -2.47. The van der Waals surface area contributed by atoms with Crippen LogP contribution in [0.5, 0.6) is 28.7 Å². The van der Waals surface area contributed by atoms with E-state index in [-0.39, 0.29) is 52.6 Å². The minimum absolute atomic E-state index is 0.134. The number of phenols is 1. The van der Waals surface area contributed by atoms with Crippen LogP contribution in [0.4, 0.5) is 15.8 Å². The molecular weight excluding hydrogens is 791 g/mol. The number of rotatable bonds is 10. The summed E-state index contributed by atoms with van der Waals surface area (Å²) < 4.78 is 35.9. The number of ether oxygens (including phenoxy) is 4. The average Bonchev–Trinajstić information content (AvgIpc) is 3.63. The van der Waals surface area contributed by atoms with Crippen LogP contribution < -0.4 is 28.7 Å². The van der Waals surface area contributed by atoms with Gasteiger partial charge in [-0.15, -0.1) is 0 Å². The summed E-state index contributed by atoms with van der Waals surface area (Å²) in [6.45, 7) is 1.74. The Kier molecular flexibility index (Phi) is 10.5. The highest BCUT2D eigenvalue weighted by molar-refractivity contribution is 6.32. The van der Waals surface area contributed by atoms with E-state index < -0.39 is 52.6 Å². The molecule has 0 bridgehead atoms. The predicted molar refractivity (Wildman–Crippen MR) is 224 cm³/mol. The van der Waals surface area contributed by atoms with E-state index >= 15 is 0 Å². The number of hydrogen-bond acceptors (Lipinski definition) is 9. The maximum Gasteiger partial charge on any atom is 0.241 e. The Bertz CT molecular complexity index is 2510. The van der Waals surface area contributed by atoms with Crippen molar-refractivity contribution in [3.63, 3.8) is 0 Å². The fourth-order valence-corrected chi connectivity index (χ4v) is 9.63. The zero-order chi connectivity index (χ0) is 42.6. The van der Waals surface area contributed by atoms with Gasteiger partial charge in [0.25, 0.3) is 0 Å². The van der Waals surface area contributed by atoms with Gasteiger partial charge in [0.15, 0.2) is 11.5 Å². The number of halogens is 2. The van der Waals surface area contributed by atoms with Gasteiger partial charge in [0, 0.05) is 11.5 Å². The quantitative estimate of drug-likeness (QED) is 0.0952. The molecule has 6 atom stereocenters. The van der Waals surface area contributed by atoms with Gasteiger partial charge in [-0.2, -0.15) is 0 Å². The highest BCUT2D eigenvalue weighted by atomic mass is 35.5. The number of nitrogens with zero attached hydrogens (tertiary/aromatic N) is 2. The Morgan fingerprint density at radius 2 is 1.42 bits per heavy atom. The van der Waals surface area contributed by atoms with Crippen LogP contribution in [-0.4, -0.2) is 57.2 Å². The lowest BCUT2D eigenvalue weighted by Crippen LogP contribution is -2.49. The zero-order valence-electron chi connectivity index (χ0n) is 33.5. The molecule has 8 rings (SSSR count). The number of aromatic hydroxyl groups is 1. The molecule has 6 unspecified atom stereocenters. The van der Waals surface area contributed by atoms with E-state index in [1.807, 2.05) is 54.6 Å². The molecule has 2 heterocycles. The second kappa shape index (κ2) is 15.6. The molecule has 1 N–H and O–H groups in total. The second-order valence-electron chi connectivity index (χ2n) is 15.5. The maximum absolute atomic E-state index is 14.7. The highest BCUT2D eigenvalue weighted by Crippen LogP contribution is 2.61. The maximum atomic E-state index is 14.7. The monoisotopic (exact) mass is 832 g/mol. The molecule has 0 spiro atoms. The van der Waals surface area contributed by atoms with E-state index in [0.717, 1.165) is 27.7 Å². The van der Waals surface area contributed by atoms with Crippen molar-refractivity contribution in [2.45, 2.75) is 19.8 Å². The van der Waals surface area contributed by atoms with Gasteiger partial charge in [0.05, 0.1) is 68.0 Å². The number of phenolic OH excluding ortho intramolecular Hbond substituents is 1. The number of amides is 4. The van der Waals surface area contributed by atoms with Crippen LogP contribution in [0, 0.1) is 40.8 Å². The second-order valence-corrected chi connectivity index (χ2v) is 15.9. The largest absolute Gasteiger partial charge is 0.502 e. The van der Waals surface area contributed by atoms with Crippen molar-refractivity contribution < 1.29 is 47.6 Å². The van der Waals surface area contributed by atoms with E-state index in [9.17, 15) is 28.7 Å². The third-order valence-corrected chi connectivity index (χ3v) is 12.8. The molecule has 308 valence electrons. The summed E-state index contributed by atoms with van der Waals surface area (Å²) in [5, 5.41) is 10.3. The number of allylic oxidation sites excluding steroid dienone is 3. The minimum Gasteiger partial charge on any atom is -0.502 e. The molecular formula is C47H42ClFN2O9. The minimum atomic E-state index is -1.34. The highest BCUT2D eigenvalue weighted by Gasteiger charge is 2.67. The number of benzene rings is 4. The van der Waals surface area contributed by atoms with Crippen LogP contribution in [-0.2, 0) is 19.2 Å². The summed E-state index contributed by atoms with van der Waals surface area (Å²) in [5.41, 5.74) is 2.22. The van der Waals surface area contributed by atoms with Gasteiger partial charge in [0.1, 0.15) is 17.3 Å². The molecule has 4 aromatic rings. The van der Waals surface area contributed by atoms with Crippen LogP contribution in [0.15, 0.2) is 90.5 Å². The van der Waals surface area contributed by atoms with E-state index in [0.29, 0.717) is 22.7 Å². The van der Waals surface area contributed by atoms with Crippen molar-refractivity contribution in [2.24, 2.45) is 35.0 Å². The summed E-state index contributed by atoms with van der Waals surface area (Å²) in [5.74, 6) is -4.52. The number of anilines is 2. The van der Waals surface area contributed by atoms with Crippen molar-refractivity contribution in [1.82, 2.24) is 0 Å². The first-order chi connectivity index (χ1) is 28.8. The average molecular weight is 833 g/mol. The van der Waals surface area contributed by atoms with E-state index in [1.54, 1.807) is 51.5 Å². The van der Waals surface area contributed by atoms with Gasteiger partial charge in [-0.25, -0.2) is 9.29 Å². The summed E-state index contributed by atoms with van der Waals surface area (Å²) in [6.07, 6.45) is 9.71. The Hall–Kier alpha value is -6.40. The molecule has 1 saturated carbocycles. The molecule has 0 aromatic heterocycles. The number of fused-ring (bicyclic) bond motifs is 4. The Morgan fingerprint density at radius 3 is 2.07 bits per heavy atom. The lowest BCUT2D eigenvalue weighted by molar-refractivity contribution is -0.132. The Labute approximate surface area is 351 Å². The van der Waals surface area contributed by atoms with Gasteiger partial charge >= 0.3 is 0 Å². The number of carbonyl (C=O) groups excluding carboxylic acids is 4. The van der Waals surface area contributed by atoms with Crippen LogP contribution in [0.25, 0.3) is 18.2 Å². The van der Waals surface area contributed by atoms with Gasteiger partial charge in [-0.3, -0.25) is 24.1 Å². The lowest BCUT2D eigenvalue weighted by atomic mass is 9.52. The molecule has 4 aromatic carbocycles. The fourth-order valence-electron chi connectivity index (χ4n) is 9.45. The number of methoxy groups -OCH3 is 4. The number of imide groups is 2. The third-order valence-electron chi connectivity index (χ3n) is 12.5. The van der Waals surface area contributed by atoms with Crippen LogP contribution in [0.2, 0.25) is 5.02 Å². The van der Waals surface area contributed by atoms with E-state index in [1.165, 1.54) is 31.3 Å². The van der Waals surface area contributed by atoms with Gasteiger partial charge < -0.3 is 24.1 Å². The van der Waals surface area contributed by atoms with Gasteiger partial charge in [-0.1, -0.05) is 59.7 Å². The third kappa shape index (κ3) is 6.50. The van der Waals surface area contributed by atoms with Crippen LogP contribution in [0.1, 0.15) is 36.5 Å². The van der Waals surface area contributed by atoms with Crippen molar-refractivity contribution in [3.8, 4) is 28.7 Å². The molecule has 2 aliphatic heterocycles. The van der Waals surface area contributed by atoms with Crippen LogP contribution in [0.3, 0.4) is 0 Å². The molecule has 4 aliphatic rings. The molecule has 4 amide bonds. The molecule has 11 nitrogen and oxygen atoms in total. The number of hydrogen-bond donors (Lipinski definition) is 1. The summed E-state index contributed by atoms with van der Waals surface area (Å²) in [6, 6.07) is 19.5. The molecule has 0 radical (unpaired) electrons. The Balaban J connectivity index is 1.14. The first-order valence-electron chi connectivity index (χ1n) is 19.4. The van der Waals surface area contributed by atoms with Crippen molar-refractivity contribution in [2.75, 3.05) is 38.2 Å². The van der Waals surface area contributed by atoms with E-state index in [2.05, 4.69) is 0 Å². The van der Waals surface area contributed by atoms with Crippen molar-refractivity contribution >= 4 is 64.8 Å². The predicted octanol–water partition coefficient (Wildman–Crippen LogP) is 8.37. The van der Waals surface area contributed by atoms with Crippen molar-refractivity contribution in [3.05, 3.63) is 118 Å². The van der Waals surface area contributed by atoms with Crippen LogP contribution >= 0.6 is 11.6 Å². The Morgan fingerprint density at radius 1 is 0.733 bits per heavy atom. The van der Waals surface area contributed by atoms with E-state index in [4.69, 9.17) is 30.5 Å². The summed E-state index contributed by atoms with van der Waals surface area (Å²) in [7, 11) is 6.01. The molecule has 13 heteroatoms.